The van der Waals surface area contributed by atoms with Gasteiger partial charge in [0, 0.05) is 18.0 Å². The fourth-order valence-electron chi connectivity index (χ4n) is 3.51. The molecule has 2 aliphatic carbocycles. The van der Waals surface area contributed by atoms with Crippen LogP contribution in [0, 0.1) is 6.92 Å². The Kier molecular flexibility index (Phi) is 3.93. The van der Waals surface area contributed by atoms with E-state index < -0.39 is 0 Å². The zero-order valence-corrected chi connectivity index (χ0v) is 12.3. The standard InChI is InChI=1S/C18H27N/c1-15-6-8-16(9-7-15)18(14-19-17-10-11-17)12-4-2-3-5-13-18/h6-9,17,19H,2-5,10-14H2,1H3. The number of hydrogen-bond acceptors (Lipinski definition) is 1. The van der Waals surface area contributed by atoms with Gasteiger partial charge in [-0.15, -0.1) is 0 Å². The van der Waals surface area contributed by atoms with E-state index in [1.807, 2.05) is 0 Å². The molecule has 1 N–H and O–H groups in total. The fraction of sp³-hybridized carbons (Fsp3) is 0.667. The van der Waals surface area contributed by atoms with Crippen LogP contribution >= 0.6 is 0 Å². The van der Waals surface area contributed by atoms with Gasteiger partial charge in [-0.3, -0.25) is 0 Å². The first-order chi connectivity index (χ1) is 9.28. The lowest BCUT2D eigenvalue weighted by molar-refractivity contribution is 0.346. The van der Waals surface area contributed by atoms with E-state index in [0.717, 1.165) is 6.04 Å². The smallest absolute Gasteiger partial charge is 0.00778 e. The first-order valence-electron chi connectivity index (χ1n) is 8.09. The van der Waals surface area contributed by atoms with Gasteiger partial charge in [-0.05, 0) is 38.2 Å². The van der Waals surface area contributed by atoms with Crippen LogP contribution in [-0.2, 0) is 5.41 Å². The van der Waals surface area contributed by atoms with Gasteiger partial charge in [-0.25, -0.2) is 0 Å². The molecule has 0 spiro atoms. The molecule has 0 aliphatic heterocycles. The van der Waals surface area contributed by atoms with Crippen LogP contribution in [0.2, 0.25) is 0 Å². The molecule has 2 fully saturated rings. The van der Waals surface area contributed by atoms with Crippen LogP contribution in [0.15, 0.2) is 24.3 Å². The van der Waals surface area contributed by atoms with Crippen LogP contribution in [0.4, 0.5) is 0 Å². The van der Waals surface area contributed by atoms with E-state index in [9.17, 15) is 0 Å². The highest BCUT2D eigenvalue weighted by Crippen LogP contribution is 2.38. The van der Waals surface area contributed by atoms with Crippen molar-refractivity contribution in [1.82, 2.24) is 5.32 Å². The molecule has 2 saturated carbocycles. The van der Waals surface area contributed by atoms with Crippen LogP contribution < -0.4 is 5.32 Å². The normalized spacial score (nSPS) is 23.0. The monoisotopic (exact) mass is 257 g/mol. The zero-order valence-electron chi connectivity index (χ0n) is 12.3. The van der Waals surface area contributed by atoms with Crippen molar-refractivity contribution in [3.05, 3.63) is 35.4 Å². The molecule has 0 atom stereocenters. The molecular weight excluding hydrogens is 230 g/mol. The second-order valence-corrected chi connectivity index (χ2v) is 6.72. The number of aryl methyl sites for hydroxylation is 1. The van der Waals surface area contributed by atoms with E-state index in [2.05, 4.69) is 36.5 Å². The molecule has 104 valence electrons. The molecule has 0 saturated heterocycles. The minimum Gasteiger partial charge on any atom is -0.313 e. The molecule has 1 heteroatoms. The SMILES string of the molecule is Cc1ccc(C2(CNC3CC3)CCCCCC2)cc1. The predicted molar refractivity (Wildman–Crippen MR) is 81.6 cm³/mol. The first-order valence-corrected chi connectivity index (χ1v) is 8.09. The van der Waals surface area contributed by atoms with Crippen molar-refractivity contribution in [2.75, 3.05) is 6.54 Å². The highest BCUT2D eigenvalue weighted by Gasteiger charge is 2.34. The number of benzene rings is 1. The van der Waals surface area contributed by atoms with Gasteiger partial charge in [0.15, 0.2) is 0 Å². The summed E-state index contributed by atoms with van der Waals surface area (Å²) in [6.45, 7) is 3.38. The van der Waals surface area contributed by atoms with E-state index in [0.29, 0.717) is 5.41 Å². The zero-order chi connectivity index (χ0) is 13.1. The molecule has 0 bridgehead atoms. The van der Waals surface area contributed by atoms with Crippen LogP contribution in [-0.4, -0.2) is 12.6 Å². The molecule has 1 aromatic carbocycles. The third kappa shape index (κ3) is 3.20. The summed E-state index contributed by atoms with van der Waals surface area (Å²) in [5.74, 6) is 0. The molecule has 0 amide bonds. The van der Waals surface area contributed by atoms with Crippen LogP contribution in [0.1, 0.15) is 62.5 Å². The van der Waals surface area contributed by atoms with Crippen molar-refractivity contribution in [3.63, 3.8) is 0 Å². The van der Waals surface area contributed by atoms with Crippen molar-refractivity contribution < 1.29 is 0 Å². The van der Waals surface area contributed by atoms with Gasteiger partial charge in [0.05, 0.1) is 0 Å². The molecule has 3 rings (SSSR count). The summed E-state index contributed by atoms with van der Waals surface area (Å²) >= 11 is 0. The van der Waals surface area contributed by atoms with Gasteiger partial charge < -0.3 is 5.32 Å². The van der Waals surface area contributed by atoms with E-state index in [4.69, 9.17) is 0 Å². The van der Waals surface area contributed by atoms with Crippen molar-refractivity contribution in [1.29, 1.82) is 0 Å². The van der Waals surface area contributed by atoms with E-state index in [-0.39, 0.29) is 0 Å². The average Bonchev–Trinajstić information content (AvgIpc) is 3.25. The first kappa shape index (κ1) is 13.2. The summed E-state index contributed by atoms with van der Waals surface area (Å²) in [5, 5.41) is 3.81. The summed E-state index contributed by atoms with van der Waals surface area (Å²) in [7, 11) is 0. The lowest BCUT2D eigenvalue weighted by Crippen LogP contribution is -2.39. The molecular formula is C18H27N. The molecule has 19 heavy (non-hydrogen) atoms. The average molecular weight is 257 g/mol. The third-order valence-corrected chi connectivity index (χ3v) is 5.03. The van der Waals surface area contributed by atoms with Gasteiger partial charge >= 0.3 is 0 Å². The number of hydrogen-bond donors (Lipinski definition) is 1. The highest BCUT2D eigenvalue weighted by molar-refractivity contribution is 5.29. The van der Waals surface area contributed by atoms with E-state index in [1.165, 1.54) is 63.5 Å². The Bertz CT molecular complexity index is 394. The van der Waals surface area contributed by atoms with E-state index >= 15 is 0 Å². The molecule has 1 nitrogen and oxygen atoms in total. The van der Waals surface area contributed by atoms with Crippen LogP contribution in [0.25, 0.3) is 0 Å². The fourth-order valence-corrected chi connectivity index (χ4v) is 3.51. The molecule has 2 aliphatic rings. The Morgan fingerprint density at radius 1 is 1.00 bits per heavy atom. The second kappa shape index (κ2) is 5.66. The Balaban J connectivity index is 1.82. The van der Waals surface area contributed by atoms with Crippen LogP contribution in [0.5, 0.6) is 0 Å². The maximum Gasteiger partial charge on any atom is 0.00778 e. The summed E-state index contributed by atoms with van der Waals surface area (Å²) in [6, 6.07) is 10.2. The van der Waals surface area contributed by atoms with Gasteiger partial charge in [0.25, 0.3) is 0 Å². The topological polar surface area (TPSA) is 12.0 Å². The summed E-state index contributed by atoms with van der Waals surface area (Å²) in [6.07, 6.45) is 11.2. The van der Waals surface area contributed by atoms with E-state index in [1.54, 1.807) is 5.56 Å². The molecule has 0 heterocycles. The molecule has 0 aromatic heterocycles. The number of rotatable bonds is 4. The van der Waals surface area contributed by atoms with Crippen molar-refractivity contribution in [2.45, 2.75) is 69.7 Å². The lowest BCUT2D eigenvalue weighted by atomic mass is 9.74. The van der Waals surface area contributed by atoms with Crippen molar-refractivity contribution >= 4 is 0 Å². The quantitative estimate of drug-likeness (QED) is 0.791. The lowest BCUT2D eigenvalue weighted by Gasteiger charge is -2.34. The maximum atomic E-state index is 3.81. The van der Waals surface area contributed by atoms with Gasteiger partial charge in [-0.1, -0.05) is 55.5 Å². The minimum atomic E-state index is 0.410. The molecule has 0 unspecified atom stereocenters. The second-order valence-electron chi connectivity index (χ2n) is 6.72. The molecule has 0 radical (unpaired) electrons. The minimum absolute atomic E-state index is 0.410. The summed E-state index contributed by atoms with van der Waals surface area (Å²) in [5.41, 5.74) is 3.36. The molecule has 1 aromatic rings. The van der Waals surface area contributed by atoms with Gasteiger partial charge in [0.1, 0.15) is 0 Å². The summed E-state index contributed by atoms with van der Waals surface area (Å²) in [4.78, 5) is 0. The van der Waals surface area contributed by atoms with Gasteiger partial charge in [0.2, 0.25) is 0 Å². The van der Waals surface area contributed by atoms with Crippen molar-refractivity contribution in [2.24, 2.45) is 0 Å². The summed E-state index contributed by atoms with van der Waals surface area (Å²) < 4.78 is 0. The van der Waals surface area contributed by atoms with Gasteiger partial charge in [-0.2, -0.15) is 0 Å². The highest BCUT2D eigenvalue weighted by atomic mass is 15.0. The third-order valence-electron chi connectivity index (χ3n) is 5.03. The largest absolute Gasteiger partial charge is 0.313 e. The Hall–Kier alpha value is -0.820. The Labute approximate surface area is 117 Å². The predicted octanol–water partition coefficient (Wildman–Crippen LogP) is 4.34. The maximum absolute atomic E-state index is 3.81. The Morgan fingerprint density at radius 2 is 1.63 bits per heavy atom. The van der Waals surface area contributed by atoms with Crippen LogP contribution in [0.3, 0.4) is 0 Å². The van der Waals surface area contributed by atoms with Crippen molar-refractivity contribution in [3.8, 4) is 0 Å². The number of nitrogens with one attached hydrogen (secondary N) is 1. The Morgan fingerprint density at radius 3 is 2.21 bits per heavy atom.